The number of carbonyl (C=O) groups excluding carboxylic acids is 2. The predicted molar refractivity (Wildman–Crippen MR) is 132 cm³/mol. The number of halogens is 1. The fourth-order valence-corrected chi connectivity index (χ4v) is 4.44. The molecular weight excluding hydrogens is 482 g/mol. The van der Waals surface area contributed by atoms with Crippen molar-refractivity contribution in [3.05, 3.63) is 53.1 Å². The first-order valence-electron chi connectivity index (χ1n) is 10.5. The molecule has 2 aromatic carbocycles. The lowest BCUT2D eigenvalue weighted by molar-refractivity contribution is -0.140. The second-order valence-corrected chi connectivity index (χ2v) is 9.84. The summed E-state index contributed by atoms with van der Waals surface area (Å²) < 4.78 is 36.9. The lowest BCUT2D eigenvalue weighted by Crippen LogP contribution is -2.51. The number of ether oxygens (including phenoxy) is 2. The van der Waals surface area contributed by atoms with Crippen LogP contribution in [0.2, 0.25) is 5.02 Å². The minimum atomic E-state index is -3.89. The van der Waals surface area contributed by atoms with Gasteiger partial charge in [-0.25, -0.2) is 8.42 Å². The van der Waals surface area contributed by atoms with Crippen molar-refractivity contribution >= 4 is 39.1 Å². The van der Waals surface area contributed by atoms with Crippen molar-refractivity contribution in [3.63, 3.8) is 0 Å². The van der Waals surface area contributed by atoms with Gasteiger partial charge in [-0.2, -0.15) is 0 Å². The summed E-state index contributed by atoms with van der Waals surface area (Å²) in [7, 11) is 0.470. The van der Waals surface area contributed by atoms with Gasteiger partial charge < -0.3 is 19.7 Å². The van der Waals surface area contributed by atoms with E-state index in [1.54, 1.807) is 37.3 Å². The molecule has 0 fully saturated rings. The fraction of sp³-hybridized carbons (Fsp3) is 0.391. The lowest BCUT2D eigenvalue weighted by Gasteiger charge is -2.32. The van der Waals surface area contributed by atoms with Crippen molar-refractivity contribution in [2.45, 2.75) is 25.9 Å². The molecule has 0 heterocycles. The number of nitrogens with zero attached hydrogens (tertiary/aromatic N) is 2. The highest BCUT2D eigenvalue weighted by Crippen LogP contribution is 2.33. The number of hydrogen-bond acceptors (Lipinski definition) is 6. The van der Waals surface area contributed by atoms with Gasteiger partial charge in [0.25, 0.3) is 0 Å². The zero-order chi connectivity index (χ0) is 25.5. The SMILES string of the molecule is CC[C@@H](C(=O)NC)N(Cc1ccc(Cl)cc1)C(=O)CN(c1ccc(OC)cc1OC)S(C)(=O)=O. The minimum Gasteiger partial charge on any atom is -0.497 e. The van der Waals surface area contributed by atoms with E-state index in [2.05, 4.69) is 5.32 Å². The van der Waals surface area contributed by atoms with Crippen LogP contribution in [0.15, 0.2) is 42.5 Å². The molecule has 34 heavy (non-hydrogen) atoms. The summed E-state index contributed by atoms with van der Waals surface area (Å²) in [4.78, 5) is 27.5. The van der Waals surface area contributed by atoms with Crippen LogP contribution in [0.3, 0.4) is 0 Å². The summed E-state index contributed by atoms with van der Waals surface area (Å²) in [5.74, 6) is -0.206. The summed E-state index contributed by atoms with van der Waals surface area (Å²) in [5.41, 5.74) is 0.923. The van der Waals surface area contributed by atoms with E-state index in [0.29, 0.717) is 17.2 Å². The van der Waals surface area contributed by atoms with E-state index >= 15 is 0 Å². The summed E-state index contributed by atoms with van der Waals surface area (Å²) in [6.07, 6.45) is 1.34. The maximum absolute atomic E-state index is 13.5. The normalized spacial score (nSPS) is 11.9. The van der Waals surface area contributed by atoms with Crippen LogP contribution < -0.4 is 19.1 Å². The predicted octanol–water partition coefficient (Wildman–Crippen LogP) is 2.68. The number of methoxy groups -OCH3 is 2. The van der Waals surface area contributed by atoms with Gasteiger partial charge in [0, 0.05) is 24.7 Å². The Balaban J connectivity index is 2.48. The number of rotatable bonds is 11. The van der Waals surface area contributed by atoms with Crippen molar-refractivity contribution < 1.29 is 27.5 Å². The Morgan fingerprint density at radius 3 is 2.24 bits per heavy atom. The van der Waals surface area contributed by atoms with E-state index in [4.69, 9.17) is 21.1 Å². The molecule has 0 saturated carbocycles. The Kier molecular flexibility index (Phi) is 9.57. The zero-order valence-electron chi connectivity index (χ0n) is 19.9. The third kappa shape index (κ3) is 6.77. The minimum absolute atomic E-state index is 0.0965. The third-order valence-corrected chi connectivity index (χ3v) is 6.61. The van der Waals surface area contributed by atoms with Gasteiger partial charge >= 0.3 is 0 Å². The van der Waals surface area contributed by atoms with Crippen LogP contribution in [0.1, 0.15) is 18.9 Å². The maximum atomic E-state index is 13.5. The van der Waals surface area contributed by atoms with E-state index in [1.807, 2.05) is 0 Å². The monoisotopic (exact) mass is 511 g/mol. The molecule has 0 saturated heterocycles. The second kappa shape index (κ2) is 11.9. The van der Waals surface area contributed by atoms with Crippen molar-refractivity contribution in [2.24, 2.45) is 0 Å². The van der Waals surface area contributed by atoms with Crippen molar-refractivity contribution in [1.82, 2.24) is 10.2 Å². The molecule has 0 aliphatic carbocycles. The topological polar surface area (TPSA) is 105 Å². The van der Waals surface area contributed by atoms with Gasteiger partial charge in [0.05, 0.1) is 26.2 Å². The Bertz CT molecular complexity index is 1110. The largest absolute Gasteiger partial charge is 0.497 e. The Labute approximate surface area is 205 Å². The molecule has 11 heteroatoms. The molecule has 0 unspecified atom stereocenters. The van der Waals surface area contributed by atoms with Crippen LogP contribution in [0.5, 0.6) is 11.5 Å². The first-order valence-corrected chi connectivity index (χ1v) is 12.7. The molecule has 0 bridgehead atoms. The van der Waals surface area contributed by atoms with Gasteiger partial charge in [0.15, 0.2) is 0 Å². The van der Waals surface area contributed by atoms with Crippen LogP contribution in [0.25, 0.3) is 0 Å². The average Bonchev–Trinajstić information content (AvgIpc) is 2.82. The van der Waals surface area contributed by atoms with Gasteiger partial charge in [0.1, 0.15) is 24.1 Å². The van der Waals surface area contributed by atoms with Crippen molar-refractivity contribution in [3.8, 4) is 11.5 Å². The van der Waals surface area contributed by atoms with Gasteiger partial charge in [-0.3, -0.25) is 13.9 Å². The molecule has 0 radical (unpaired) electrons. The van der Waals surface area contributed by atoms with E-state index in [9.17, 15) is 18.0 Å². The molecule has 1 N–H and O–H groups in total. The van der Waals surface area contributed by atoms with Gasteiger partial charge in [0.2, 0.25) is 21.8 Å². The smallest absolute Gasteiger partial charge is 0.244 e. The highest BCUT2D eigenvalue weighted by molar-refractivity contribution is 7.92. The second-order valence-electron chi connectivity index (χ2n) is 7.49. The Morgan fingerprint density at radius 2 is 1.74 bits per heavy atom. The Hall–Kier alpha value is -2.98. The molecule has 9 nitrogen and oxygen atoms in total. The summed E-state index contributed by atoms with van der Waals surface area (Å²) in [6, 6.07) is 10.7. The quantitative estimate of drug-likeness (QED) is 0.497. The number of carbonyl (C=O) groups is 2. The van der Waals surface area contributed by atoms with Gasteiger partial charge in [-0.1, -0.05) is 30.7 Å². The number of anilines is 1. The number of likely N-dealkylation sites (N-methyl/N-ethyl adjacent to an activating group) is 1. The molecule has 186 valence electrons. The third-order valence-electron chi connectivity index (χ3n) is 5.23. The molecule has 1 atom stereocenters. The van der Waals surface area contributed by atoms with Crippen LogP contribution >= 0.6 is 11.6 Å². The summed E-state index contributed by atoms with van der Waals surface area (Å²) in [6.45, 7) is 1.35. The maximum Gasteiger partial charge on any atom is 0.244 e. The van der Waals surface area contributed by atoms with Crippen LogP contribution in [-0.2, 0) is 26.2 Å². The molecule has 0 aromatic heterocycles. The summed E-state index contributed by atoms with van der Waals surface area (Å²) in [5, 5.41) is 3.11. The standard InChI is InChI=1S/C23H30ClN3O6S/c1-6-19(23(29)25-2)26(14-16-7-9-17(24)10-8-16)22(28)15-27(34(5,30)31)20-12-11-18(32-3)13-21(20)33-4/h7-13,19H,6,14-15H2,1-5H3,(H,25,29)/t19-/m0/s1. The van der Waals surface area contributed by atoms with E-state index in [0.717, 1.165) is 16.1 Å². The number of benzene rings is 2. The molecule has 2 aromatic rings. The van der Waals surface area contributed by atoms with Crippen molar-refractivity contribution in [1.29, 1.82) is 0 Å². The molecule has 0 spiro atoms. The highest BCUT2D eigenvalue weighted by atomic mass is 35.5. The average molecular weight is 512 g/mol. The zero-order valence-corrected chi connectivity index (χ0v) is 21.4. The van der Waals surface area contributed by atoms with Crippen molar-refractivity contribution in [2.75, 3.05) is 38.4 Å². The van der Waals surface area contributed by atoms with Crippen LogP contribution in [0.4, 0.5) is 5.69 Å². The van der Waals surface area contributed by atoms with E-state index < -0.39 is 28.5 Å². The summed E-state index contributed by atoms with van der Waals surface area (Å²) >= 11 is 5.97. The van der Waals surface area contributed by atoms with Gasteiger partial charge in [-0.15, -0.1) is 0 Å². The molecule has 0 aliphatic heterocycles. The number of nitrogens with one attached hydrogen (secondary N) is 1. The van der Waals surface area contributed by atoms with E-state index in [-0.39, 0.29) is 23.9 Å². The molecule has 0 aliphatic rings. The molecular formula is C23H30ClN3O6S. The highest BCUT2D eigenvalue weighted by Gasteiger charge is 2.32. The molecule has 2 rings (SSSR count). The first kappa shape index (κ1) is 27.3. The fourth-order valence-electron chi connectivity index (χ4n) is 3.46. The van der Waals surface area contributed by atoms with Crippen LogP contribution in [-0.4, -0.2) is 65.2 Å². The number of sulfonamides is 1. The van der Waals surface area contributed by atoms with Gasteiger partial charge in [-0.05, 0) is 36.2 Å². The Morgan fingerprint density at radius 1 is 1.09 bits per heavy atom. The molecule has 2 amide bonds. The van der Waals surface area contributed by atoms with E-state index in [1.165, 1.54) is 38.3 Å². The lowest BCUT2D eigenvalue weighted by atomic mass is 10.1. The number of amides is 2. The first-order chi connectivity index (χ1) is 16.0. The number of hydrogen-bond donors (Lipinski definition) is 1. The van der Waals surface area contributed by atoms with Crippen LogP contribution in [0, 0.1) is 0 Å².